The summed E-state index contributed by atoms with van der Waals surface area (Å²) < 4.78 is 39.1. The van der Waals surface area contributed by atoms with Crippen LogP contribution in [0.15, 0.2) is 70.3 Å². The molecule has 0 fully saturated rings. The third-order valence-corrected chi connectivity index (χ3v) is 6.01. The van der Waals surface area contributed by atoms with Gasteiger partial charge in [-0.1, -0.05) is 13.0 Å². The summed E-state index contributed by atoms with van der Waals surface area (Å²) >= 11 is 0. The minimum Gasteiger partial charge on any atom is -0.493 e. The van der Waals surface area contributed by atoms with E-state index in [1.165, 1.54) is 10.6 Å². The zero-order chi connectivity index (χ0) is 20.0. The average molecular weight is 401 g/mol. The van der Waals surface area contributed by atoms with Gasteiger partial charge in [-0.25, -0.2) is 8.42 Å². The Labute approximate surface area is 165 Å². The number of hydrogen-bond acceptors (Lipinski definition) is 5. The molecule has 2 heterocycles. The van der Waals surface area contributed by atoms with E-state index in [-0.39, 0.29) is 18.0 Å². The van der Waals surface area contributed by atoms with Gasteiger partial charge in [-0.3, -0.25) is 4.98 Å². The van der Waals surface area contributed by atoms with Crippen LogP contribution in [0.3, 0.4) is 0 Å². The number of pyridine rings is 1. The van der Waals surface area contributed by atoms with E-state index in [0.29, 0.717) is 23.8 Å². The maximum absolute atomic E-state index is 13.4. The molecule has 3 rings (SSSR count). The van der Waals surface area contributed by atoms with E-state index in [2.05, 4.69) is 4.98 Å². The smallest absolute Gasteiger partial charge is 0.243 e. The summed E-state index contributed by atoms with van der Waals surface area (Å²) in [6, 6.07) is 13.9. The Bertz CT molecular complexity index is 987. The molecular weight excluding hydrogens is 376 g/mol. The minimum absolute atomic E-state index is 0.124. The maximum Gasteiger partial charge on any atom is 0.243 e. The number of rotatable bonds is 9. The molecule has 0 aliphatic carbocycles. The van der Waals surface area contributed by atoms with Gasteiger partial charge in [0.1, 0.15) is 11.5 Å². The van der Waals surface area contributed by atoms with Gasteiger partial charge in [-0.2, -0.15) is 4.31 Å². The lowest BCUT2D eigenvalue weighted by Crippen LogP contribution is -2.30. The number of aryl methyl sites for hydroxylation is 1. The number of hydrogen-bond donors (Lipinski definition) is 0. The third-order valence-electron chi connectivity index (χ3n) is 4.22. The van der Waals surface area contributed by atoms with Gasteiger partial charge in [0.2, 0.25) is 10.0 Å². The molecule has 28 heavy (non-hydrogen) atoms. The summed E-state index contributed by atoms with van der Waals surface area (Å²) in [5.41, 5.74) is 1.45. The van der Waals surface area contributed by atoms with Crippen LogP contribution in [0.2, 0.25) is 0 Å². The van der Waals surface area contributed by atoms with Crippen LogP contribution in [0.1, 0.15) is 30.4 Å². The Morgan fingerprint density at radius 2 is 1.96 bits per heavy atom. The largest absolute Gasteiger partial charge is 0.493 e. The molecule has 1 aromatic carbocycles. The first-order chi connectivity index (χ1) is 13.5. The molecule has 0 aliphatic heterocycles. The van der Waals surface area contributed by atoms with E-state index in [4.69, 9.17) is 9.15 Å². The first-order valence-electron chi connectivity index (χ1n) is 9.16. The molecule has 0 amide bonds. The highest BCUT2D eigenvalue weighted by Gasteiger charge is 2.27. The van der Waals surface area contributed by atoms with Gasteiger partial charge in [-0.05, 0) is 61.4 Å². The summed E-state index contributed by atoms with van der Waals surface area (Å²) in [7, 11) is -3.76. The van der Waals surface area contributed by atoms with Crippen LogP contribution in [0.4, 0.5) is 0 Å². The van der Waals surface area contributed by atoms with Gasteiger partial charge in [-0.15, -0.1) is 0 Å². The van der Waals surface area contributed by atoms with Crippen molar-refractivity contribution in [1.29, 1.82) is 0 Å². The van der Waals surface area contributed by atoms with Crippen LogP contribution in [0, 0.1) is 6.92 Å². The Hall–Kier alpha value is -2.64. The Morgan fingerprint density at radius 3 is 2.61 bits per heavy atom. The minimum atomic E-state index is -3.76. The van der Waals surface area contributed by atoms with Crippen molar-refractivity contribution in [2.24, 2.45) is 0 Å². The number of ether oxygens (including phenoxy) is 1. The van der Waals surface area contributed by atoms with E-state index in [0.717, 1.165) is 12.0 Å². The van der Waals surface area contributed by atoms with Crippen molar-refractivity contribution in [3.63, 3.8) is 0 Å². The van der Waals surface area contributed by atoms with E-state index >= 15 is 0 Å². The van der Waals surface area contributed by atoms with E-state index < -0.39 is 10.0 Å². The second kappa shape index (κ2) is 9.03. The lowest BCUT2D eigenvalue weighted by Gasteiger charge is -2.21. The molecule has 0 unspecified atom stereocenters. The van der Waals surface area contributed by atoms with Gasteiger partial charge in [0.15, 0.2) is 0 Å². The fourth-order valence-electron chi connectivity index (χ4n) is 2.78. The maximum atomic E-state index is 13.4. The van der Waals surface area contributed by atoms with E-state index in [9.17, 15) is 8.42 Å². The number of sulfonamides is 1. The number of furan rings is 1. The highest BCUT2D eigenvalue weighted by molar-refractivity contribution is 7.89. The summed E-state index contributed by atoms with van der Waals surface area (Å²) in [5.74, 6) is 1.27. The van der Waals surface area contributed by atoms with E-state index in [1.807, 2.05) is 19.9 Å². The van der Waals surface area contributed by atoms with Crippen LogP contribution in [0.5, 0.6) is 5.75 Å². The van der Waals surface area contributed by atoms with Gasteiger partial charge in [0, 0.05) is 6.20 Å². The molecule has 6 nitrogen and oxygen atoms in total. The molecule has 0 N–H and O–H groups in total. The topological polar surface area (TPSA) is 72.6 Å². The second-order valence-electron chi connectivity index (χ2n) is 6.45. The summed E-state index contributed by atoms with van der Waals surface area (Å²) in [5, 5.41) is 0. The zero-order valence-corrected chi connectivity index (χ0v) is 16.9. The number of aromatic nitrogens is 1. The van der Waals surface area contributed by atoms with Crippen LogP contribution in [-0.2, 0) is 23.1 Å². The first-order valence-corrected chi connectivity index (χ1v) is 10.6. The van der Waals surface area contributed by atoms with Gasteiger partial charge in [0.25, 0.3) is 0 Å². The van der Waals surface area contributed by atoms with Crippen LogP contribution in [0.25, 0.3) is 0 Å². The Balaban J connectivity index is 1.91. The quantitative estimate of drug-likeness (QED) is 0.539. The molecule has 7 heteroatoms. The molecule has 0 aliphatic rings. The van der Waals surface area contributed by atoms with Gasteiger partial charge in [0.05, 0.1) is 36.5 Å². The number of nitrogens with zero attached hydrogens (tertiary/aromatic N) is 2. The molecule has 3 aromatic rings. The van der Waals surface area contributed by atoms with Gasteiger partial charge < -0.3 is 9.15 Å². The molecule has 0 saturated heterocycles. The first kappa shape index (κ1) is 20.1. The lowest BCUT2D eigenvalue weighted by molar-refractivity contribution is 0.315. The summed E-state index contributed by atoms with van der Waals surface area (Å²) in [4.78, 5) is 4.48. The third kappa shape index (κ3) is 4.79. The van der Waals surface area contributed by atoms with Crippen molar-refractivity contribution in [1.82, 2.24) is 9.29 Å². The predicted molar refractivity (Wildman–Crippen MR) is 106 cm³/mol. The molecular formula is C21H24N2O4S. The highest BCUT2D eigenvalue weighted by atomic mass is 32.2. The summed E-state index contributed by atoms with van der Waals surface area (Å²) in [6.45, 7) is 4.74. The molecule has 148 valence electrons. The Morgan fingerprint density at radius 1 is 1.11 bits per heavy atom. The highest BCUT2D eigenvalue weighted by Crippen LogP contribution is 2.26. The Kier molecular flexibility index (Phi) is 6.49. The number of benzene rings is 1. The fraction of sp³-hybridized carbons (Fsp3) is 0.286. The van der Waals surface area contributed by atoms with Gasteiger partial charge >= 0.3 is 0 Å². The van der Waals surface area contributed by atoms with Crippen LogP contribution in [-0.4, -0.2) is 24.3 Å². The van der Waals surface area contributed by atoms with Crippen molar-refractivity contribution < 1.29 is 17.6 Å². The standard InChI is InChI=1S/C21H24N2O4S/c1-3-12-27-21-10-9-20(14-17(21)2)28(24,25)23(16-19-8-6-13-26-19)15-18-7-4-5-11-22-18/h4-11,13-14H,3,12,15-16H2,1-2H3. The molecule has 0 radical (unpaired) electrons. The molecule has 0 bridgehead atoms. The van der Waals surface area contributed by atoms with Crippen molar-refractivity contribution in [2.75, 3.05) is 6.61 Å². The average Bonchev–Trinajstić information content (AvgIpc) is 3.20. The lowest BCUT2D eigenvalue weighted by atomic mass is 10.2. The molecule has 2 aromatic heterocycles. The molecule has 0 spiro atoms. The molecule has 0 atom stereocenters. The fourth-order valence-corrected chi connectivity index (χ4v) is 4.24. The van der Waals surface area contributed by atoms with Crippen LogP contribution < -0.4 is 4.74 Å². The second-order valence-corrected chi connectivity index (χ2v) is 8.39. The SMILES string of the molecule is CCCOc1ccc(S(=O)(=O)N(Cc2ccccn2)Cc2ccco2)cc1C. The van der Waals surface area contributed by atoms with Crippen LogP contribution >= 0.6 is 0 Å². The zero-order valence-electron chi connectivity index (χ0n) is 16.0. The normalized spacial score (nSPS) is 11.7. The van der Waals surface area contributed by atoms with Crippen molar-refractivity contribution in [3.05, 3.63) is 78.0 Å². The van der Waals surface area contributed by atoms with Crippen molar-refractivity contribution in [2.45, 2.75) is 38.3 Å². The predicted octanol–water partition coefficient (Wildman–Crippen LogP) is 4.16. The molecule has 0 saturated carbocycles. The van der Waals surface area contributed by atoms with Crippen molar-refractivity contribution in [3.8, 4) is 5.75 Å². The monoisotopic (exact) mass is 400 g/mol. The summed E-state index contributed by atoms with van der Waals surface area (Å²) in [6.07, 6.45) is 4.07. The van der Waals surface area contributed by atoms with Crippen molar-refractivity contribution >= 4 is 10.0 Å². The van der Waals surface area contributed by atoms with E-state index in [1.54, 1.807) is 48.7 Å².